The second kappa shape index (κ2) is 6.47. The SMILES string of the molecule is CN(C)CCN(Cc1ccc(Cl)cc1)C(=O)O. The number of hydrogen-bond acceptors (Lipinski definition) is 2. The van der Waals surface area contributed by atoms with Crippen LogP contribution in [0.1, 0.15) is 5.56 Å². The lowest BCUT2D eigenvalue weighted by Crippen LogP contribution is -2.35. The average Bonchev–Trinajstić information content (AvgIpc) is 2.26. The predicted octanol–water partition coefficient (Wildman–Crippen LogP) is 2.38. The molecule has 1 amide bonds. The largest absolute Gasteiger partial charge is 0.465 e. The normalized spacial score (nSPS) is 10.6. The number of nitrogens with zero attached hydrogens (tertiary/aromatic N) is 2. The fourth-order valence-electron chi connectivity index (χ4n) is 1.37. The Bertz CT molecular complexity index is 365. The summed E-state index contributed by atoms with van der Waals surface area (Å²) in [7, 11) is 3.84. The van der Waals surface area contributed by atoms with Gasteiger partial charge in [-0.25, -0.2) is 4.79 Å². The molecule has 17 heavy (non-hydrogen) atoms. The van der Waals surface area contributed by atoms with Crippen molar-refractivity contribution in [3.8, 4) is 0 Å². The first-order valence-electron chi connectivity index (χ1n) is 5.36. The summed E-state index contributed by atoms with van der Waals surface area (Å²) in [5.74, 6) is 0. The topological polar surface area (TPSA) is 43.8 Å². The summed E-state index contributed by atoms with van der Waals surface area (Å²) >= 11 is 5.78. The Morgan fingerprint density at radius 1 is 1.24 bits per heavy atom. The van der Waals surface area contributed by atoms with Gasteiger partial charge in [-0.05, 0) is 31.8 Å². The van der Waals surface area contributed by atoms with Crippen LogP contribution in [0.2, 0.25) is 5.02 Å². The third kappa shape index (κ3) is 5.06. The van der Waals surface area contributed by atoms with Crippen molar-refractivity contribution in [3.63, 3.8) is 0 Å². The molecule has 4 nitrogen and oxygen atoms in total. The molecular weight excluding hydrogens is 240 g/mol. The number of halogens is 1. The first kappa shape index (κ1) is 13.8. The molecule has 0 aliphatic carbocycles. The lowest BCUT2D eigenvalue weighted by molar-refractivity contribution is 0.138. The molecule has 0 atom stereocenters. The Morgan fingerprint density at radius 3 is 2.29 bits per heavy atom. The smallest absolute Gasteiger partial charge is 0.407 e. The minimum atomic E-state index is -0.901. The fourth-order valence-corrected chi connectivity index (χ4v) is 1.50. The van der Waals surface area contributed by atoms with Gasteiger partial charge in [0.05, 0.1) is 0 Å². The van der Waals surface area contributed by atoms with Crippen LogP contribution in [0.25, 0.3) is 0 Å². The Hall–Kier alpha value is -1.26. The summed E-state index contributed by atoms with van der Waals surface area (Å²) in [6, 6.07) is 7.22. The van der Waals surface area contributed by atoms with E-state index >= 15 is 0 Å². The third-order valence-corrected chi connectivity index (χ3v) is 2.63. The van der Waals surface area contributed by atoms with Crippen molar-refractivity contribution in [1.82, 2.24) is 9.80 Å². The van der Waals surface area contributed by atoms with E-state index in [-0.39, 0.29) is 0 Å². The number of carbonyl (C=O) groups is 1. The van der Waals surface area contributed by atoms with Crippen LogP contribution in [0.5, 0.6) is 0 Å². The molecular formula is C12H17ClN2O2. The number of likely N-dealkylation sites (N-methyl/N-ethyl adjacent to an activating group) is 1. The second-order valence-electron chi connectivity index (χ2n) is 4.13. The molecule has 0 saturated carbocycles. The first-order chi connectivity index (χ1) is 7.99. The van der Waals surface area contributed by atoms with Crippen LogP contribution in [0.3, 0.4) is 0 Å². The Kier molecular flexibility index (Phi) is 5.25. The van der Waals surface area contributed by atoms with Crippen molar-refractivity contribution in [2.24, 2.45) is 0 Å². The maximum Gasteiger partial charge on any atom is 0.407 e. The van der Waals surface area contributed by atoms with E-state index in [1.54, 1.807) is 12.1 Å². The predicted molar refractivity (Wildman–Crippen MR) is 68.4 cm³/mol. The molecule has 0 spiro atoms. The molecule has 1 aromatic carbocycles. The Balaban J connectivity index is 2.60. The van der Waals surface area contributed by atoms with Crippen molar-refractivity contribution in [2.75, 3.05) is 27.2 Å². The number of hydrogen-bond donors (Lipinski definition) is 1. The van der Waals surface area contributed by atoms with Gasteiger partial charge in [0.2, 0.25) is 0 Å². The summed E-state index contributed by atoms with van der Waals surface area (Å²) in [5.41, 5.74) is 0.940. The van der Waals surface area contributed by atoms with Crippen LogP contribution in [-0.4, -0.2) is 48.2 Å². The highest BCUT2D eigenvalue weighted by Gasteiger charge is 2.12. The molecule has 0 fully saturated rings. The van der Waals surface area contributed by atoms with Gasteiger partial charge in [-0.3, -0.25) is 0 Å². The zero-order valence-corrected chi connectivity index (χ0v) is 10.8. The first-order valence-corrected chi connectivity index (χ1v) is 5.74. The van der Waals surface area contributed by atoms with Gasteiger partial charge in [0.1, 0.15) is 0 Å². The monoisotopic (exact) mass is 256 g/mol. The van der Waals surface area contributed by atoms with E-state index in [1.165, 1.54) is 4.90 Å². The Morgan fingerprint density at radius 2 is 1.82 bits per heavy atom. The van der Waals surface area contributed by atoms with Gasteiger partial charge in [0.25, 0.3) is 0 Å². The zero-order chi connectivity index (χ0) is 12.8. The molecule has 1 N–H and O–H groups in total. The van der Waals surface area contributed by atoms with Crippen LogP contribution in [0, 0.1) is 0 Å². The molecule has 1 aromatic rings. The minimum Gasteiger partial charge on any atom is -0.465 e. The highest BCUT2D eigenvalue weighted by atomic mass is 35.5. The standard InChI is InChI=1S/C12H17ClN2O2/c1-14(2)7-8-15(12(16)17)9-10-3-5-11(13)6-4-10/h3-6H,7-9H2,1-2H3,(H,16,17). The van der Waals surface area contributed by atoms with E-state index in [0.29, 0.717) is 24.7 Å². The quantitative estimate of drug-likeness (QED) is 0.880. The lowest BCUT2D eigenvalue weighted by Gasteiger charge is -2.21. The highest BCUT2D eigenvalue weighted by Crippen LogP contribution is 2.11. The van der Waals surface area contributed by atoms with E-state index in [4.69, 9.17) is 16.7 Å². The molecule has 0 radical (unpaired) electrons. The molecule has 0 aromatic heterocycles. The van der Waals surface area contributed by atoms with Gasteiger partial charge < -0.3 is 14.9 Å². The Labute approximate surface area is 106 Å². The van der Waals surface area contributed by atoms with Gasteiger partial charge >= 0.3 is 6.09 Å². The molecule has 0 bridgehead atoms. The second-order valence-corrected chi connectivity index (χ2v) is 4.57. The average molecular weight is 257 g/mol. The molecule has 1 rings (SSSR count). The van der Waals surface area contributed by atoms with E-state index in [2.05, 4.69) is 0 Å². The number of rotatable bonds is 5. The maximum absolute atomic E-state index is 11.1. The number of amides is 1. The van der Waals surface area contributed by atoms with Gasteiger partial charge in [-0.2, -0.15) is 0 Å². The summed E-state index contributed by atoms with van der Waals surface area (Å²) < 4.78 is 0. The number of benzene rings is 1. The van der Waals surface area contributed by atoms with Crippen LogP contribution in [-0.2, 0) is 6.54 Å². The van der Waals surface area contributed by atoms with Crippen LogP contribution < -0.4 is 0 Å². The summed E-state index contributed by atoms with van der Waals surface area (Å²) in [6.07, 6.45) is -0.901. The van der Waals surface area contributed by atoms with Crippen molar-refractivity contribution < 1.29 is 9.90 Å². The molecule has 0 aliphatic heterocycles. The molecule has 0 unspecified atom stereocenters. The van der Waals surface area contributed by atoms with E-state index in [1.807, 2.05) is 31.1 Å². The highest BCUT2D eigenvalue weighted by molar-refractivity contribution is 6.30. The van der Waals surface area contributed by atoms with E-state index in [0.717, 1.165) is 5.56 Å². The lowest BCUT2D eigenvalue weighted by atomic mass is 10.2. The van der Waals surface area contributed by atoms with Crippen molar-refractivity contribution >= 4 is 17.7 Å². The number of carboxylic acid groups (broad SMARTS) is 1. The molecule has 5 heteroatoms. The van der Waals surface area contributed by atoms with E-state index in [9.17, 15) is 4.79 Å². The molecule has 0 saturated heterocycles. The van der Waals surface area contributed by atoms with Crippen molar-refractivity contribution in [1.29, 1.82) is 0 Å². The van der Waals surface area contributed by atoms with Gasteiger partial charge in [0, 0.05) is 24.7 Å². The van der Waals surface area contributed by atoms with E-state index < -0.39 is 6.09 Å². The summed E-state index contributed by atoms with van der Waals surface area (Å²) in [4.78, 5) is 14.4. The summed E-state index contributed by atoms with van der Waals surface area (Å²) in [6.45, 7) is 1.59. The molecule has 94 valence electrons. The van der Waals surface area contributed by atoms with Crippen molar-refractivity contribution in [3.05, 3.63) is 34.9 Å². The van der Waals surface area contributed by atoms with Crippen molar-refractivity contribution in [2.45, 2.75) is 6.54 Å². The molecule has 0 heterocycles. The van der Waals surface area contributed by atoms with Gasteiger partial charge in [-0.1, -0.05) is 23.7 Å². The zero-order valence-electron chi connectivity index (χ0n) is 10.1. The third-order valence-electron chi connectivity index (χ3n) is 2.37. The van der Waals surface area contributed by atoms with Gasteiger partial charge in [-0.15, -0.1) is 0 Å². The van der Waals surface area contributed by atoms with Crippen LogP contribution in [0.4, 0.5) is 4.79 Å². The minimum absolute atomic E-state index is 0.389. The van der Waals surface area contributed by atoms with Crippen LogP contribution >= 0.6 is 11.6 Å². The van der Waals surface area contributed by atoms with Gasteiger partial charge in [0.15, 0.2) is 0 Å². The van der Waals surface area contributed by atoms with Crippen LogP contribution in [0.15, 0.2) is 24.3 Å². The maximum atomic E-state index is 11.1. The molecule has 0 aliphatic rings. The summed E-state index contributed by atoms with van der Waals surface area (Å²) in [5, 5.41) is 9.74. The fraction of sp³-hybridized carbons (Fsp3) is 0.417.